The van der Waals surface area contributed by atoms with E-state index < -0.39 is 16.1 Å². The first-order valence-electron chi connectivity index (χ1n) is 12.2. The van der Waals surface area contributed by atoms with Crippen molar-refractivity contribution in [3.63, 3.8) is 0 Å². The second-order valence-electron chi connectivity index (χ2n) is 9.35. The van der Waals surface area contributed by atoms with Crippen LogP contribution >= 0.6 is 11.6 Å². The van der Waals surface area contributed by atoms with Crippen LogP contribution in [0.1, 0.15) is 56.7 Å². The summed E-state index contributed by atoms with van der Waals surface area (Å²) in [6, 6.07) is 12.0. The third-order valence-corrected chi connectivity index (χ3v) is 7.81. The van der Waals surface area contributed by atoms with E-state index in [1.165, 1.54) is 4.31 Å². The minimum atomic E-state index is -3.53. The molecule has 0 fully saturated rings. The number of carbonyl (C=O) groups excluding carboxylic acids is 2. The molecule has 0 aromatic heterocycles. The summed E-state index contributed by atoms with van der Waals surface area (Å²) < 4.78 is 26.3. The molecular weight excluding hydrogens is 498 g/mol. The molecule has 7 nitrogen and oxygen atoms in total. The van der Waals surface area contributed by atoms with Gasteiger partial charge >= 0.3 is 0 Å². The van der Waals surface area contributed by atoms with Crippen molar-refractivity contribution in [2.45, 2.75) is 72.5 Å². The van der Waals surface area contributed by atoms with E-state index in [9.17, 15) is 18.0 Å². The highest BCUT2D eigenvalue weighted by atomic mass is 35.5. The highest BCUT2D eigenvalue weighted by Crippen LogP contribution is 2.22. The van der Waals surface area contributed by atoms with E-state index >= 15 is 0 Å². The standard InChI is InChI=1S/C27H38ClN3O4S/c1-7-21(4)29-27(33)22(5)30(18-23-11-13-24(28)14-12-23)26(32)9-8-16-31(36(6,34)35)25-15-10-19(2)20(3)17-25/h10-15,17,21-22H,7-9,16,18H2,1-6H3,(H,29,33)/t21-,22+/m0/s1. The van der Waals surface area contributed by atoms with Gasteiger partial charge in [0.05, 0.1) is 11.9 Å². The average molecular weight is 536 g/mol. The minimum absolute atomic E-state index is 0.00582. The summed E-state index contributed by atoms with van der Waals surface area (Å²) in [6.07, 6.45) is 2.36. The molecule has 0 radical (unpaired) electrons. The Hall–Kier alpha value is -2.58. The van der Waals surface area contributed by atoms with Gasteiger partial charge in [-0.15, -0.1) is 0 Å². The topological polar surface area (TPSA) is 86.8 Å². The first-order valence-corrected chi connectivity index (χ1v) is 14.4. The monoisotopic (exact) mass is 535 g/mol. The minimum Gasteiger partial charge on any atom is -0.352 e. The maximum atomic E-state index is 13.3. The highest BCUT2D eigenvalue weighted by molar-refractivity contribution is 7.92. The van der Waals surface area contributed by atoms with Crippen molar-refractivity contribution < 1.29 is 18.0 Å². The first-order chi connectivity index (χ1) is 16.8. The van der Waals surface area contributed by atoms with Crippen LogP contribution in [-0.2, 0) is 26.2 Å². The number of hydrogen-bond donors (Lipinski definition) is 1. The second kappa shape index (κ2) is 13.1. The van der Waals surface area contributed by atoms with Crippen LogP contribution in [0, 0.1) is 13.8 Å². The maximum absolute atomic E-state index is 13.3. The van der Waals surface area contributed by atoms with Crippen molar-refractivity contribution in [2.75, 3.05) is 17.1 Å². The van der Waals surface area contributed by atoms with Crippen molar-refractivity contribution in [3.8, 4) is 0 Å². The maximum Gasteiger partial charge on any atom is 0.242 e. The van der Waals surface area contributed by atoms with E-state index in [1.807, 2.05) is 52.0 Å². The van der Waals surface area contributed by atoms with E-state index in [2.05, 4.69) is 5.32 Å². The fourth-order valence-corrected chi connectivity index (χ4v) is 4.80. The summed E-state index contributed by atoms with van der Waals surface area (Å²) in [4.78, 5) is 27.7. The summed E-state index contributed by atoms with van der Waals surface area (Å²) in [7, 11) is -3.53. The van der Waals surface area contributed by atoms with Crippen LogP contribution in [0.25, 0.3) is 0 Å². The first kappa shape index (κ1) is 29.6. The van der Waals surface area contributed by atoms with Gasteiger partial charge in [-0.05, 0) is 81.5 Å². The molecule has 0 saturated carbocycles. The molecule has 2 rings (SSSR count). The Bertz CT molecular complexity index is 1150. The van der Waals surface area contributed by atoms with Gasteiger partial charge in [-0.25, -0.2) is 8.42 Å². The van der Waals surface area contributed by atoms with Crippen molar-refractivity contribution >= 4 is 39.1 Å². The van der Waals surface area contributed by atoms with Gasteiger partial charge in [0.2, 0.25) is 21.8 Å². The van der Waals surface area contributed by atoms with Crippen LogP contribution in [0.15, 0.2) is 42.5 Å². The Labute approximate surface area is 220 Å². The SMILES string of the molecule is CC[C@H](C)NC(=O)[C@@H](C)N(Cc1ccc(Cl)cc1)C(=O)CCCN(c1ccc(C)c(C)c1)S(C)(=O)=O. The zero-order valence-electron chi connectivity index (χ0n) is 22.0. The quantitative estimate of drug-likeness (QED) is 0.421. The van der Waals surface area contributed by atoms with E-state index in [0.717, 1.165) is 29.4 Å². The van der Waals surface area contributed by atoms with E-state index in [0.29, 0.717) is 17.1 Å². The number of nitrogens with one attached hydrogen (secondary N) is 1. The van der Waals surface area contributed by atoms with Crippen LogP contribution in [0.3, 0.4) is 0 Å². The number of carbonyl (C=O) groups is 2. The Balaban J connectivity index is 2.18. The fraction of sp³-hybridized carbons (Fsp3) is 0.481. The van der Waals surface area contributed by atoms with Crippen LogP contribution < -0.4 is 9.62 Å². The summed E-state index contributed by atoms with van der Waals surface area (Å²) in [6.45, 7) is 9.92. The smallest absolute Gasteiger partial charge is 0.242 e. The lowest BCUT2D eigenvalue weighted by Crippen LogP contribution is -2.49. The molecule has 198 valence electrons. The van der Waals surface area contributed by atoms with Crippen LogP contribution in [0.4, 0.5) is 5.69 Å². The number of aryl methyl sites for hydroxylation is 2. The number of sulfonamides is 1. The van der Waals surface area contributed by atoms with Crippen LogP contribution in [0.5, 0.6) is 0 Å². The molecule has 0 aliphatic carbocycles. The fourth-order valence-electron chi connectivity index (χ4n) is 3.72. The van der Waals surface area contributed by atoms with E-state index in [4.69, 9.17) is 11.6 Å². The lowest BCUT2D eigenvalue weighted by Gasteiger charge is -2.30. The Morgan fingerprint density at radius 3 is 2.22 bits per heavy atom. The van der Waals surface area contributed by atoms with Gasteiger partial charge in [0.15, 0.2) is 0 Å². The third-order valence-electron chi connectivity index (χ3n) is 6.37. The van der Waals surface area contributed by atoms with Gasteiger partial charge in [-0.1, -0.05) is 36.7 Å². The molecule has 2 atom stereocenters. The molecule has 2 aromatic carbocycles. The van der Waals surface area contributed by atoms with Gasteiger partial charge in [-0.3, -0.25) is 13.9 Å². The summed E-state index contributed by atoms with van der Waals surface area (Å²) in [5.41, 5.74) is 3.49. The highest BCUT2D eigenvalue weighted by Gasteiger charge is 2.27. The number of benzene rings is 2. The summed E-state index contributed by atoms with van der Waals surface area (Å²) in [5, 5.41) is 3.53. The van der Waals surface area contributed by atoms with Crippen molar-refractivity contribution in [2.24, 2.45) is 0 Å². The predicted molar refractivity (Wildman–Crippen MR) is 147 cm³/mol. The Morgan fingerprint density at radius 2 is 1.67 bits per heavy atom. The molecule has 0 aliphatic heterocycles. The van der Waals surface area contributed by atoms with Crippen LogP contribution in [-0.4, -0.2) is 50.0 Å². The Morgan fingerprint density at radius 1 is 1.03 bits per heavy atom. The summed E-state index contributed by atoms with van der Waals surface area (Å²) in [5.74, 6) is -0.440. The van der Waals surface area contributed by atoms with Crippen molar-refractivity contribution in [3.05, 3.63) is 64.2 Å². The molecule has 0 spiro atoms. The van der Waals surface area contributed by atoms with Gasteiger partial charge in [0.1, 0.15) is 6.04 Å². The number of nitrogens with zero attached hydrogens (tertiary/aromatic N) is 2. The molecule has 0 bridgehead atoms. The molecule has 9 heteroatoms. The molecule has 2 amide bonds. The van der Waals surface area contributed by atoms with E-state index in [-0.39, 0.29) is 37.4 Å². The van der Waals surface area contributed by atoms with Gasteiger partial charge in [0, 0.05) is 30.6 Å². The number of halogens is 1. The zero-order chi connectivity index (χ0) is 27.0. The normalized spacial score (nSPS) is 13.1. The predicted octanol–water partition coefficient (Wildman–Crippen LogP) is 4.84. The molecular formula is C27H38ClN3O4S. The molecule has 0 aliphatic rings. The molecule has 1 N–H and O–H groups in total. The molecule has 0 heterocycles. The van der Waals surface area contributed by atoms with E-state index in [1.54, 1.807) is 30.0 Å². The van der Waals surface area contributed by atoms with Crippen molar-refractivity contribution in [1.82, 2.24) is 10.2 Å². The third kappa shape index (κ3) is 8.52. The molecule has 0 saturated heterocycles. The van der Waals surface area contributed by atoms with Gasteiger partial charge < -0.3 is 10.2 Å². The zero-order valence-corrected chi connectivity index (χ0v) is 23.6. The number of amides is 2. The molecule has 36 heavy (non-hydrogen) atoms. The Kier molecular flexibility index (Phi) is 10.8. The lowest BCUT2D eigenvalue weighted by atomic mass is 10.1. The largest absolute Gasteiger partial charge is 0.352 e. The van der Waals surface area contributed by atoms with Gasteiger partial charge in [0.25, 0.3) is 0 Å². The van der Waals surface area contributed by atoms with Crippen molar-refractivity contribution in [1.29, 1.82) is 0 Å². The van der Waals surface area contributed by atoms with Crippen LogP contribution in [0.2, 0.25) is 5.02 Å². The molecule has 2 aromatic rings. The summed E-state index contributed by atoms with van der Waals surface area (Å²) >= 11 is 6.00. The van der Waals surface area contributed by atoms with Gasteiger partial charge in [-0.2, -0.15) is 0 Å². The number of hydrogen-bond acceptors (Lipinski definition) is 4. The molecule has 0 unspecified atom stereocenters. The second-order valence-corrected chi connectivity index (χ2v) is 11.7. The number of anilines is 1. The number of rotatable bonds is 12. The lowest BCUT2D eigenvalue weighted by molar-refractivity contribution is -0.140. The average Bonchev–Trinajstić information content (AvgIpc) is 2.81.